The summed E-state index contributed by atoms with van der Waals surface area (Å²) in [6.45, 7) is 4.95. The van der Waals surface area contributed by atoms with Crippen molar-refractivity contribution in [1.82, 2.24) is 0 Å². The molecule has 2 bridgehead atoms. The number of carbonyl (C=O) groups is 3. The minimum atomic E-state index is -2.11. The number of aliphatic hydroxyl groups is 2. The summed E-state index contributed by atoms with van der Waals surface area (Å²) in [6, 6.07) is 1.44. The maximum atomic E-state index is 13.2. The van der Waals surface area contributed by atoms with Gasteiger partial charge in [-0.2, -0.15) is 0 Å². The molecular weight excluding hydrogens is 396 g/mol. The van der Waals surface area contributed by atoms with Crippen LogP contribution >= 0.6 is 0 Å². The lowest BCUT2D eigenvalue weighted by atomic mass is 9.77. The number of Topliss-reactive ketones (excluding diaryl/α,β-unsaturated/α-hetero) is 2. The number of carbonyl (C=O) groups excluding carboxylic acids is 2. The van der Waals surface area contributed by atoms with Crippen LogP contribution in [0.25, 0.3) is 0 Å². The van der Waals surface area contributed by atoms with E-state index in [2.05, 4.69) is 6.58 Å². The molecule has 3 heterocycles. The number of aliphatic hydroxyl groups excluding tert-OH is 1. The van der Waals surface area contributed by atoms with Gasteiger partial charge >= 0.3 is 5.97 Å². The Labute approximate surface area is 171 Å². The van der Waals surface area contributed by atoms with E-state index in [0.29, 0.717) is 5.56 Å². The Morgan fingerprint density at radius 3 is 2.70 bits per heavy atom. The SMILES string of the molecule is C=C1C(=O)c2c(cc3c(c2O)CO[C@@H](CC(=O)O)C3)C(=O)C2CC(O)C1(O)C(C)O2. The van der Waals surface area contributed by atoms with Crippen LogP contribution in [0.3, 0.4) is 0 Å². The maximum absolute atomic E-state index is 13.2. The van der Waals surface area contributed by atoms with E-state index >= 15 is 0 Å². The number of aromatic hydroxyl groups is 1. The molecule has 0 aromatic heterocycles. The molecule has 1 aromatic rings. The van der Waals surface area contributed by atoms with Gasteiger partial charge in [-0.1, -0.05) is 6.58 Å². The van der Waals surface area contributed by atoms with Crippen molar-refractivity contribution in [2.75, 3.05) is 0 Å². The summed E-state index contributed by atoms with van der Waals surface area (Å²) in [4.78, 5) is 37.4. The molecule has 3 aliphatic heterocycles. The molecule has 4 unspecified atom stereocenters. The zero-order valence-corrected chi connectivity index (χ0v) is 16.3. The summed E-state index contributed by atoms with van der Waals surface area (Å²) in [5.74, 6) is -2.99. The van der Waals surface area contributed by atoms with E-state index in [1.165, 1.54) is 13.0 Å². The number of benzene rings is 1. The molecule has 1 saturated heterocycles. The lowest BCUT2D eigenvalue weighted by Gasteiger charge is -2.44. The Morgan fingerprint density at radius 2 is 2.07 bits per heavy atom. The molecule has 0 saturated carbocycles. The van der Waals surface area contributed by atoms with Crippen molar-refractivity contribution in [3.63, 3.8) is 0 Å². The molecule has 1 fully saturated rings. The molecule has 0 radical (unpaired) electrons. The van der Waals surface area contributed by atoms with Crippen LogP contribution in [0.4, 0.5) is 0 Å². The van der Waals surface area contributed by atoms with Crippen molar-refractivity contribution in [3.05, 3.63) is 40.5 Å². The number of aliphatic carboxylic acids is 1. The number of rotatable bonds is 2. The normalized spacial score (nSPS) is 33.4. The highest BCUT2D eigenvalue weighted by Crippen LogP contribution is 2.43. The van der Waals surface area contributed by atoms with Crippen LogP contribution in [0.1, 0.15) is 51.6 Å². The summed E-state index contributed by atoms with van der Waals surface area (Å²) < 4.78 is 11.1. The third kappa shape index (κ3) is 2.89. The number of fused-ring (bicyclic) bond motifs is 4. The lowest BCUT2D eigenvalue weighted by Crippen LogP contribution is -2.60. The fraction of sp³-hybridized carbons (Fsp3) is 0.476. The van der Waals surface area contributed by atoms with Crippen molar-refractivity contribution in [2.24, 2.45) is 0 Å². The van der Waals surface area contributed by atoms with Gasteiger partial charge in [0.05, 0.1) is 36.9 Å². The standard InChI is InChI=1S/C21H22O9/c1-8-18(25)17-12(19(26)14-6-15(22)21(8,28)9(2)30-14)4-10-3-11(5-16(23)24)29-7-13(10)20(17)27/h4,9,11,14-15,22,27-28H,1,3,5-7H2,2H3,(H,23,24)/t9?,11-,14?,15?,21?/m1/s1. The van der Waals surface area contributed by atoms with Crippen LogP contribution in [0, 0.1) is 0 Å². The molecule has 160 valence electrons. The topological polar surface area (TPSA) is 151 Å². The summed E-state index contributed by atoms with van der Waals surface area (Å²) in [5.41, 5.74) is -2.15. The van der Waals surface area contributed by atoms with Gasteiger partial charge in [0, 0.05) is 23.1 Å². The van der Waals surface area contributed by atoms with Gasteiger partial charge < -0.3 is 29.9 Å². The second-order valence-electron chi connectivity index (χ2n) is 8.04. The van der Waals surface area contributed by atoms with E-state index in [0.717, 1.165) is 0 Å². The van der Waals surface area contributed by atoms with Crippen LogP contribution in [-0.4, -0.2) is 68.0 Å². The minimum absolute atomic E-state index is 0.107. The monoisotopic (exact) mass is 418 g/mol. The molecule has 9 heteroatoms. The van der Waals surface area contributed by atoms with Crippen LogP contribution in [-0.2, 0) is 27.3 Å². The number of carboxylic acid groups (broad SMARTS) is 1. The van der Waals surface area contributed by atoms with E-state index in [1.807, 2.05) is 0 Å². The second-order valence-corrected chi connectivity index (χ2v) is 8.04. The molecule has 0 amide bonds. The van der Waals surface area contributed by atoms with Crippen LogP contribution in [0.5, 0.6) is 5.75 Å². The van der Waals surface area contributed by atoms with Gasteiger partial charge in [0.15, 0.2) is 11.6 Å². The number of phenolic OH excluding ortho intramolecular Hbond substituents is 1. The highest BCUT2D eigenvalue weighted by molar-refractivity contribution is 6.19. The maximum Gasteiger partial charge on any atom is 0.305 e. The number of hydrogen-bond acceptors (Lipinski definition) is 8. The van der Waals surface area contributed by atoms with E-state index < -0.39 is 53.3 Å². The number of ketones is 2. The molecular formula is C21H22O9. The number of phenols is 1. The third-order valence-electron chi connectivity index (χ3n) is 6.29. The molecule has 9 nitrogen and oxygen atoms in total. The van der Waals surface area contributed by atoms with E-state index in [4.69, 9.17) is 14.6 Å². The molecule has 1 aromatic carbocycles. The minimum Gasteiger partial charge on any atom is -0.507 e. The summed E-state index contributed by atoms with van der Waals surface area (Å²) in [5, 5.41) is 41.4. The Balaban J connectivity index is 1.88. The van der Waals surface area contributed by atoms with Gasteiger partial charge in [0.1, 0.15) is 17.5 Å². The number of ether oxygens (including phenoxy) is 2. The van der Waals surface area contributed by atoms with Crippen molar-refractivity contribution in [2.45, 2.75) is 62.8 Å². The molecule has 4 N–H and O–H groups in total. The van der Waals surface area contributed by atoms with Crippen LogP contribution < -0.4 is 0 Å². The van der Waals surface area contributed by atoms with Crippen molar-refractivity contribution in [3.8, 4) is 5.75 Å². The Hall–Kier alpha value is -2.59. The van der Waals surface area contributed by atoms with Gasteiger partial charge in [-0.05, 0) is 25.0 Å². The summed E-state index contributed by atoms with van der Waals surface area (Å²) in [6.07, 6.45) is -4.65. The smallest absolute Gasteiger partial charge is 0.305 e. The fourth-order valence-corrected chi connectivity index (χ4v) is 4.54. The van der Waals surface area contributed by atoms with Gasteiger partial charge in [-0.3, -0.25) is 14.4 Å². The molecule has 5 rings (SSSR count). The third-order valence-corrected chi connectivity index (χ3v) is 6.29. The largest absolute Gasteiger partial charge is 0.507 e. The van der Waals surface area contributed by atoms with Crippen molar-refractivity contribution in [1.29, 1.82) is 0 Å². The Bertz CT molecular complexity index is 967. The average molecular weight is 418 g/mol. The van der Waals surface area contributed by atoms with Gasteiger partial charge in [0.25, 0.3) is 0 Å². The van der Waals surface area contributed by atoms with Gasteiger partial charge in [-0.15, -0.1) is 0 Å². The number of hydrogen-bond donors (Lipinski definition) is 4. The molecule has 4 aliphatic rings. The first-order valence-corrected chi connectivity index (χ1v) is 9.61. The molecule has 30 heavy (non-hydrogen) atoms. The molecule has 1 aliphatic carbocycles. The molecule has 0 spiro atoms. The zero-order valence-electron chi connectivity index (χ0n) is 16.3. The number of carboxylic acids is 1. The van der Waals surface area contributed by atoms with Gasteiger partial charge in [0.2, 0.25) is 0 Å². The lowest BCUT2D eigenvalue weighted by molar-refractivity contribution is -0.191. The predicted molar refractivity (Wildman–Crippen MR) is 100 cm³/mol. The van der Waals surface area contributed by atoms with E-state index in [9.17, 15) is 29.7 Å². The highest BCUT2D eigenvalue weighted by atomic mass is 16.5. The van der Waals surface area contributed by atoms with Crippen LogP contribution in [0.2, 0.25) is 0 Å². The predicted octanol–water partition coefficient (Wildman–Crippen LogP) is 0.513. The first kappa shape index (κ1) is 20.7. The second kappa shape index (κ2) is 6.98. The highest BCUT2D eigenvalue weighted by Gasteiger charge is 2.55. The van der Waals surface area contributed by atoms with E-state index in [-0.39, 0.29) is 48.1 Å². The Morgan fingerprint density at radius 1 is 1.37 bits per heavy atom. The summed E-state index contributed by atoms with van der Waals surface area (Å²) in [7, 11) is 0. The Kier molecular flexibility index (Phi) is 4.81. The van der Waals surface area contributed by atoms with Crippen LogP contribution in [0.15, 0.2) is 18.2 Å². The van der Waals surface area contributed by atoms with Gasteiger partial charge in [-0.25, -0.2) is 0 Å². The summed E-state index contributed by atoms with van der Waals surface area (Å²) >= 11 is 0. The quantitative estimate of drug-likeness (QED) is 0.504. The zero-order chi connectivity index (χ0) is 22.0. The van der Waals surface area contributed by atoms with Crippen molar-refractivity contribution >= 4 is 17.5 Å². The average Bonchev–Trinajstić information content (AvgIpc) is 2.71. The molecule has 5 atom stereocenters. The first-order valence-electron chi connectivity index (χ1n) is 9.61. The van der Waals surface area contributed by atoms with Crippen molar-refractivity contribution < 1.29 is 44.3 Å². The fourth-order valence-electron chi connectivity index (χ4n) is 4.54. The first-order chi connectivity index (χ1) is 14.1. The van der Waals surface area contributed by atoms with E-state index in [1.54, 1.807) is 0 Å².